The first-order valence-electron chi connectivity index (χ1n) is 9.83. The molecule has 2 aliphatic heterocycles. The zero-order chi connectivity index (χ0) is 17.6. The number of hydrogen-bond acceptors (Lipinski definition) is 5. The van der Waals surface area contributed by atoms with Crippen LogP contribution in [0.5, 0.6) is 0 Å². The number of fused-ring (bicyclic) bond motifs is 1. The van der Waals surface area contributed by atoms with Crippen LogP contribution in [0.3, 0.4) is 0 Å². The van der Waals surface area contributed by atoms with E-state index in [1.807, 2.05) is 20.8 Å². The van der Waals surface area contributed by atoms with Gasteiger partial charge in [0.1, 0.15) is 18.3 Å². The standard InChI is InChI=1S/C19H37NO4/c1-5-6-7-8-9-10-11-12-13-21-18-17-16(15(22-18)14(2)20)23-19(3,4)24-17/h14-18H,5-13,20H2,1-4H3/t14-,15+,16-,17-,18-/m0/s1. The molecule has 2 fully saturated rings. The molecule has 0 aliphatic carbocycles. The topological polar surface area (TPSA) is 62.9 Å². The first-order valence-corrected chi connectivity index (χ1v) is 9.83. The summed E-state index contributed by atoms with van der Waals surface area (Å²) in [4.78, 5) is 0. The van der Waals surface area contributed by atoms with Crippen molar-refractivity contribution in [2.75, 3.05) is 6.61 Å². The van der Waals surface area contributed by atoms with E-state index in [9.17, 15) is 0 Å². The molecule has 0 bridgehead atoms. The van der Waals surface area contributed by atoms with Crippen LogP contribution in [0, 0.1) is 0 Å². The summed E-state index contributed by atoms with van der Waals surface area (Å²) in [5.41, 5.74) is 6.03. The maximum absolute atomic E-state index is 6.03. The van der Waals surface area contributed by atoms with Gasteiger partial charge in [0.05, 0.1) is 0 Å². The fraction of sp³-hybridized carbons (Fsp3) is 1.00. The second-order valence-electron chi connectivity index (χ2n) is 7.74. The summed E-state index contributed by atoms with van der Waals surface area (Å²) in [6.07, 6.45) is 9.48. The lowest BCUT2D eigenvalue weighted by atomic mass is 10.1. The zero-order valence-corrected chi connectivity index (χ0v) is 16.0. The molecule has 2 rings (SSSR count). The van der Waals surface area contributed by atoms with Gasteiger partial charge in [0.25, 0.3) is 0 Å². The summed E-state index contributed by atoms with van der Waals surface area (Å²) in [6.45, 7) is 8.76. The Bertz CT molecular complexity index is 361. The van der Waals surface area contributed by atoms with Gasteiger partial charge in [-0.25, -0.2) is 0 Å². The number of hydrogen-bond donors (Lipinski definition) is 1. The normalized spacial score (nSPS) is 32.9. The molecule has 0 aromatic carbocycles. The van der Waals surface area contributed by atoms with Crippen LogP contribution in [-0.4, -0.2) is 43.0 Å². The van der Waals surface area contributed by atoms with Crippen molar-refractivity contribution in [1.29, 1.82) is 0 Å². The summed E-state index contributed by atoms with van der Waals surface area (Å²) >= 11 is 0. The van der Waals surface area contributed by atoms with Gasteiger partial charge in [-0.2, -0.15) is 0 Å². The molecular formula is C19H37NO4. The average molecular weight is 344 g/mol. The molecule has 2 heterocycles. The van der Waals surface area contributed by atoms with Crippen LogP contribution >= 0.6 is 0 Å². The Balaban J connectivity index is 1.64. The summed E-state index contributed by atoms with van der Waals surface area (Å²) < 4.78 is 23.8. The molecule has 142 valence electrons. The van der Waals surface area contributed by atoms with E-state index in [2.05, 4.69) is 6.92 Å². The summed E-state index contributed by atoms with van der Waals surface area (Å²) in [6, 6.07) is -0.105. The predicted molar refractivity (Wildman–Crippen MR) is 94.7 cm³/mol. The van der Waals surface area contributed by atoms with Crippen molar-refractivity contribution in [3.8, 4) is 0 Å². The molecule has 5 heteroatoms. The van der Waals surface area contributed by atoms with E-state index in [0.717, 1.165) is 6.42 Å². The van der Waals surface area contributed by atoms with E-state index >= 15 is 0 Å². The van der Waals surface area contributed by atoms with Gasteiger partial charge < -0.3 is 24.7 Å². The lowest BCUT2D eigenvalue weighted by Gasteiger charge is -2.25. The Morgan fingerprint density at radius 1 is 0.958 bits per heavy atom. The van der Waals surface area contributed by atoms with Crippen molar-refractivity contribution in [2.45, 2.75) is 115 Å². The Labute approximate surface area is 147 Å². The minimum atomic E-state index is -0.591. The van der Waals surface area contributed by atoms with Crippen LogP contribution in [0.2, 0.25) is 0 Å². The number of nitrogens with two attached hydrogens (primary N) is 1. The molecule has 5 atom stereocenters. The molecule has 0 spiro atoms. The monoisotopic (exact) mass is 343 g/mol. The maximum atomic E-state index is 6.03. The number of ether oxygens (including phenoxy) is 4. The molecule has 2 saturated heterocycles. The molecule has 0 aromatic rings. The summed E-state index contributed by atoms with van der Waals surface area (Å²) in [7, 11) is 0. The van der Waals surface area contributed by atoms with Gasteiger partial charge in [-0.15, -0.1) is 0 Å². The van der Waals surface area contributed by atoms with E-state index in [0.29, 0.717) is 6.61 Å². The third kappa shape index (κ3) is 5.67. The number of unbranched alkanes of at least 4 members (excludes halogenated alkanes) is 7. The van der Waals surface area contributed by atoms with Crippen molar-refractivity contribution in [3.05, 3.63) is 0 Å². The molecule has 0 saturated carbocycles. The summed E-state index contributed by atoms with van der Waals surface area (Å²) in [5.74, 6) is -0.591. The van der Waals surface area contributed by atoms with Gasteiger partial charge in [-0.05, 0) is 27.2 Å². The van der Waals surface area contributed by atoms with Crippen molar-refractivity contribution in [1.82, 2.24) is 0 Å². The van der Waals surface area contributed by atoms with Crippen molar-refractivity contribution in [3.63, 3.8) is 0 Å². The van der Waals surface area contributed by atoms with E-state index in [1.54, 1.807) is 0 Å². The first-order chi connectivity index (χ1) is 11.4. The second kappa shape index (κ2) is 9.48. The van der Waals surface area contributed by atoms with Crippen LogP contribution < -0.4 is 5.73 Å². The van der Waals surface area contributed by atoms with Crippen LogP contribution in [0.15, 0.2) is 0 Å². The van der Waals surface area contributed by atoms with E-state index in [1.165, 1.54) is 44.9 Å². The van der Waals surface area contributed by atoms with Gasteiger partial charge in [-0.1, -0.05) is 51.9 Å². The van der Waals surface area contributed by atoms with Gasteiger partial charge in [0, 0.05) is 12.6 Å². The lowest BCUT2D eigenvalue weighted by Crippen LogP contribution is -2.41. The highest BCUT2D eigenvalue weighted by atomic mass is 16.8. The highest BCUT2D eigenvalue weighted by Gasteiger charge is 2.56. The molecule has 0 unspecified atom stereocenters. The van der Waals surface area contributed by atoms with E-state index in [-0.39, 0.29) is 30.6 Å². The second-order valence-corrected chi connectivity index (χ2v) is 7.74. The molecule has 2 aliphatic rings. The van der Waals surface area contributed by atoms with Gasteiger partial charge in [0.15, 0.2) is 12.1 Å². The molecular weight excluding hydrogens is 306 g/mol. The molecule has 5 nitrogen and oxygen atoms in total. The zero-order valence-electron chi connectivity index (χ0n) is 16.0. The fourth-order valence-electron chi connectivity index (χ4n) is 3.58. The third-order valence-electron chi connectivity index (χ3n) is 4.85. The number of rotatable bonds is 11. The Hall–Kier alpha value is -0.200. The van der Waals surface area contributed by atoms with Gasteiger partial charge >= 0.3 is 0 Å². The molecule has 0 amide bonds. The largest absolute Gasteiger partial charge is 0.350 e. The van der Waals surface area contributed by atoms with Crippen molar-refractivity contribution in [2.24, 2.45) is 5.73 Å². The quantitative estimate of drug-likeness (QED) is 0.579. The van der Waals surface area contributed by atoms with Crippen LogP contribution in [0.25, 0.3) is 0 Å². The molecule has 0 radical (unpaired) electrons. The van der Waals surface area contributed by atoms with Crippen LogP contribution in [-0.2, 0) is 18.9 Å². The van der Waals surface area contributed by atoms with Crippen LogP contribution in [0.4, 0.5) is 0 Å². The predicted octanol–water partition coefficient (Wildman–Crippen LogP) is 3.74. The van der Waals surface area contributed by atoms with Gasteiger partial charge in [0.2, 0.25) is 0 Å². The third-order valence-corrected chi connectivity index (χ3v) is 4.85. The fourth-order valence-corrected chi connectivity index (χ4v) is 3.58. The SMILES string of the molecule is CCCCCCCCCCO[C@H]1O[C@H]([C@H](C)N)[C@@H]2OC(C)(C)O[C@H]12. The highest BCUT2D eigenvalue weighted by molar-refractivity contribution is 4.98. The smallest absolute Gasteiger partial charge is 0.187 e. The first kappa shape index (κ1) is 20.1. The molecule has 24 heavy (non-hydrogen) atoms. The van der Waals surface area contributed by atoms with Crippen LogP contribution in [0.1, 0.15) is 79.1 Å². The van der Waals surface area contributed by atoms with Crippen molar-refractivity contribution >= 4 is 0 Å². The van der Waals surface area contributed by atoms with E-state index in [4.69, 9.17) is 24.7 Å². The minimum absolute atomic E-state index is 0.105. The van der Waals surface area contributed by atoms with Gasteiger partial charge in [-0.3, -0.25) is 0 Å². The Morgan fingerprint density at radius 3 is 2.17 bits per heavy atom. The molecule has 2 N–H and O–H groups in total. The van der Waals surface area contributed by atoms with Crippen molar-refractivity contribution < 1.29 is 18.9 Å². The summed E-state index contributed by atoms with van der Waals surface area (Å²) in [5, 5.41) is 0. The van der Waals surface area contributed by atoms with E-state index < -0.39 is 5.79 Å². The Morgan fingerprint density at radius 2 is 1.54 bits per heavy atom. The Kier molecular flexibility index (Phi) is 7.95. The maximum Gasteiger partial charge on any atom is 0.187 e. The molecule has 0 aromatic heterocycles. The lowest BCUT2D eigenvalue weighted by molar-refractivity contribution is -0.235. The minimum Gasteiger partial charge on any atom is -0.350 e. The average Bonchev–Trinajstić information content (AvgIpc) is 2.99. The highest BCUT2D eigenvalue weighted by Crippen LogP contribution is 2.39.